The molecule has 0 aliphatic heterocycles. The maximum Gasteiger partial charge on any atom is 0.272 e. The molecule has 1 aromatic carbocycles. The highest BCUT2D eigenvalue weighted by molar-refractivity contribution is 5.34. The van der Waals surface area contributed by atoms with Gasteiger partial charge in [-0.05, 0) is 24.0 Å². The Morgan fingerprint density at radius 2 is 2.12 bits per heavy atom. The minimum Gasteiger partial charge on any atom is -0.327 e. The molecule has 1 unspecified atom stereocenters. The molecular weight excluding hydrogens is 211 g/mol. The summed E-state index contributed by atoms with van der Waals surface area (Å²) in [6.07, 6.45) is 0.390. The number of nitro groups is 1. The first kappa shape index (κ1) is 12.6. The number of hydrogen-bond donors (Lipinski definition) is 1. The second kappa shape index (κ2) is 5.03. The first-order chi connectivity index (χ1) is 7.41. The van der Waals surface area contributed by atoms with Crippen molar-refractivity contribution < 1.29 is 9.31 Å². The van der Waals surface area contributed by atoms with E-state index in [0.717, 1.165) is 6.07 Å². The Hall–Kier alpha value is -1.49. The van der Waals surface area contributed by atoms with Gasteiger partial charge in [-0.3, -0.25) is 10.1 Å². The Labute approximate surface area is 93.4 Å². The van der Waals surface area contributed by atoms with Crippen molar-refractivity contribution in [3.63, 3.8) is 0 Å². The molecule has 0 radical (unpaired) electrons. The lowest BCUT2D eigenvalue weighted by atomic mass is 9.97. The summed E-state index contributed by atoms with van der Waals surface area (Å²) in [5, 5.41) is 10.4. The van der Waals surface area contributed by atoms with Crippen molar-refractivity contribution in [2.75, 3.05) is 0 Å². The Kier molecular flexibility index (Phi) is 3.95. The molecule has 0 saturated carbocycles. The van der Waals surface area contributed by atoms with Crippen molar-refractivity contribution in [1.29, 1.82) is 0 Å². The molecule has 1 atom stereocenters. The predicted molar refractivity (Wildman–Crippen MR) is 59.6 cm³/mol. The first-order valence-corrected chi connectivity index (χ1v) is 5.10. The summed E-state index contributed by atoms with van der Waals surface area (Å²) >= 11 is 0. The second-order valence-corrected chi connectivity index (χ2v) is 4.14. The number of halogens is 1. The van der Waals surface area contributed by atoms with Gasteiger partial charge in [0.15, 0.2) is 0 Å². The van der Waals surface area contributed by atoms with Gasteiger partial charge in [-0.2, -0.15) is 0 Å². The van der Waals surface area contributed by atoms with E-state index in [1.165, 1.54) is 12.1 Å². The van der Waals surface area contributed by atoms with Crippen LogP contribution in [0.5, 0.6) is 0 Å². The molecule has 0 aliphatic carbocycles. The summed E-state index contributed by atoms with van der Waals surface area (Å²) in [7, 11) is 0. The van der Waals surface area contributed by atoms with E-state index in [4.69, 9.17) is 5.73 Å². The molecule has 0 spiro atoms. The number of hydrogen-bond acceptors (Lipinski definition) is 3. The van der Waals surface area contributed by atoms with Gasteiger partial charge in [0.25, 0.3) is 5.69 Å². The SMILES string of the molecule is CC(C)C(N)Cc1ccc([N+](=O)[O-])cc1F. The second-order valence-electron chi connectivity index (χ2n) is 4.14. The molecule has 88 valence electrons. The molecule has 0 fully saturated rings. The van der Waals surface area contributed by atoms with Crippen molar-refractivity contribution in [3.8, 4) is 0 Å². The van der Waals surface area contributed by atoms with E-state index >= 15 is 0 Å². The molecule has 4 nitrogen and oxygen atoms in total. The maximum absolute atomic E-state index is 13.5. The highest BCUT2D eigenvalue weighted by Gasteiger charge is 2.14. The van der Waals surface area contributed by atoms with Crippen LogP contribution < -0.4 is 5.73 Å². The normalized spacial score (nSPS) is 12.8. The van der Waals surface area contributed by atoms with E-state index in [9.17, 15) is 14.5 Å². The summed E-state index contributed by atoms with van der Waals surface area (Å²) in [5.41, 5.74) is 6.00. The molecule has 0 aliphatic rings. The quantitative estimate of drug-likeness (QED) is 0.632. The summed E-state index contributed by atoms with van der Waals surface area (Å²) in [6, 6.07) is 3.51. The van der Waals surface area contributed by atoms with Crippen molar-refractivity contribution in [2.45, 2.75) is 26.3 Å². The van der Waals surface area contributed by atoms with Crippen LogP contribution in [-0.2, 0) is 6.42 Å². The van der Waals surface area contributed by atoms with E-state index in [-0.39, 0.29) is 17.6 Å². The topological polar surface area (TPSA) is 69.2 Å². The summed E-state index contributed by atoms with van der Waals surface area (Å²) in [6.45, 7) is 3.90. The van der Waals surface area contributed by atoms with Crippen molar-refractivity contribution in [1.82, 2.24) is 0 Å². The van der Waals surface area contributed by atoms with Gasteiger partial charge in [-0.25, -0.2) is 4.39 Å². The number of nitrogens with two attached hydrogens (primary N) is 1. The minimum atomic E-state index is -0.616. The third-order valence-electron chi connectivity index (χ3n) is 2.56. The van der Waals surface area contributed by atoms with Crippen LogP contribution in [0.1, 0.15) is 19.4 Å². The van der Waals surface area contributed by atoms with Crippen LogP contribution in [0.2, 0.25) is 0 Å². The van der Waals surface area contributed by atoms with Crippen molar-refractivity contribution >= 4 is 5.69 Å². The van der Waals surface area contributed by atoms with Crippen LogP contribution in [0.4, 0.5) is 10.1 Å². The molecule has 2 N–H and O–H groups in total. The van der Waals surface area contributed by atoms with Gasteiger partial charge < -0.3 is 5.73 Å². The maximum atomic E-state index is 13.5. The van der Waals surface area contributed by atoms with Gasteiger partial charge in [0.05, 0.1) is 11.0 Å². The molecule has 0 saturated heterocycles. The van der Waals surface area contributed by atoms with Gasteiger partial charge in [0.2, 0.25) is 0 Å². The fraction of sp³-hybridized carbons (Fsp3) is 0.455. The zero-order chi connectivity index (χ0) is 12.3. The lowest BCUT2D eigenvalue weighted by molar-refractivity contribution is -0.385. The molecule has 0 aromatic heterocycles. The molecule has 0 amide bonds. The van der Waals surface area contributed by atoms with E-state index in [2.05, 4.69) is 0 Å². The zero-order valence-electron chi connectivity index (χ0n) is 9.31. The smallest absolute Gasteiger partial charge is 0.272 e. The summed E-state index contributed by atoms with van der Waals surface area (Å²) < 4.78 is 13.5. The Balaban J connectivity index is 2.87. The van der Waals surface area contributed by atoms with Gasteiger partial charge >= 0.3 is 0 Å². The number of nitrogens with zero attached hydrogens (tertiary/aromatic N) is 1. The van der Waals surface area contributed by atoms with Crippen LogP contribution in [0.3, 0.4) is 0 Å². The summed E-state index contributed by atoms with van der Waals surface area (Å²) in [4.78, 5) is 9.79. The number of benzene rings is 1. The highest BCUT2D eigenvalue weighted by atomic mass is 19.1. The predicted octanol–water partition coefficient (Wildman–Crippen LogP) is 2.26. The number of rotatable bonds is 4. The van der Waals surface area contributed by atoms with Crippen LogP contribution in [0, 0.1) is 21.8 Å². The standard InChI is InChI=1S/C11H15FN2O2/c1-7(2)11(13)5-8-3-4-9(14(15)16)6-10(8)12/h3-4,6-7,11H,5,13H2,1-2H3. The molecule has 1 aromatic rings. The average Bonchev–Trinajstić information content (AvgIpc) is 2.20. The third-order valence-corrected chi connectivity index (χ3v) is 2.56. The molecule has 1 rings (SSSR count). The van der Waals surface area contributed by atoms with E-state index < -0.39 is 10.7 Å². The van der Waals surface area contributed by atoms with Crippen molar-refractivity contribution in [3.05, 3.63) is 39.7 Å². The Morgan fingerprint density at radius 3 is 2.56 bits per heavy atom. The Bertz CT molecular complexity index is 394. The molecule has 0 bridgehead atoms. The lowest BCUT2D eigenvalue weighted by Gasteiger charge is -2.15. The zero-order valence-corrected chi connectivity index (χ0v) is 9.31. The van der Waals surface area contributed by atoms with Crippen LogP contribution >= 0.6 is 0 Å². The number of non-ortho nitro benzene ring substituents is 1. The fourth-order valence-corrected chi connectivity index (χ4v) is 1.30. The van der Waals surface area contributed by atoms with Gasteiger partial charge in [0, 0.05) is 12.1 Å². The monoisotopic (exact) mass is 226 g/mol. The van der Waals surface area contributed by atoms with E-state index in [0.29, 0.717) is 12.0 Å². The lowest BCUT2D eigenvalue weighted by Crippen LogP contribution is -2.29. The van der Waals surface area contributed by atoms with E-state index in [1.807, 2.05) is 13.8 Å². The Morgan fingerprint density at radius 1 is 1.50 bits per heavy atom. The molecule has 5 heteroatoms. The van der Waals surface area contributed by atoms with E-state index in [1.54, 1.807) is 0 Å². The first-order valence-electron chi connectivity index (χ1n) is 5.10. The highest BCUT2D eigenvalue weighted by Crippen LogP contribution is 2.18. The average molecular weight is 226 g/mol. The number of nitro benzene ring substituents is 1. The van der Waals surface area contributed by atoms with Crippen LogP contribution in [-0.4, -0.2) is 11.0 Å². The molecule has 16 heavy (non-hydrogen) atoms. The summed E-state index contributed by atoms with van der Waals surface area (Å²) in [5.74, 6) is -0.320. The molecule has 0 heterocycles. The van der Waals surface area contributed by atoms with Crippen LogP contribution in [0.25, 0.3) is 0 Å². The largest absolute Gasteiger partial charge is 0.327 e. The fourth-order valence-electron chi connectivity index (χ4n) is 1.30. The van der Waals surface area contributed by atoms with Gasteiger partial charge in [-0.15, -0.1) is 0 Å². The van der Waals surface area contributed by atoms with Crippen LogP contribution in [0.15, 0.2) is 18.2 Å². The van der Waals surface area contributed by atoms with Gasteiger partial charge in [-0.1, -0.05) is 13.8 Å². The molecular formula is C11H15FN2O2. The van der Waals surface area contributed by atoms with Crippen molar-refractivity contribution in [2.24, 2.45) is 11.7 Å². The minimum absolute atomic E-state index is 0.143. The van der Waals surface area contributed by atoms with Gasteiger partial charge in [0.1, 0.15) is 5.82 Å². The third kappa shape index (κ3) is 3.00.